The fraction of sp³-hybridized carbons (Fsp3) is 0.600. The summed E-state index contributed by atoms with van der Waals surface area (Å²) in [5.41, 5.74) is 7.20. The molecule has 20 heavy (non-hydrogen) atoms. The Bertz CT molecular complexity index is 467. The van der Waals surface area contributed by atoms with Crippen LogP contribution in [-0.2, 0) is 0 Å². The molecule has 1 aromatic heterocycles. The van der Waals surface area contributed by atoms with Gasteiger partial charge in [0.05, 0.1) is 5.69 Å². The highest BCUT2D eigenvalue weighted by Gasteiger charge is 2.25. The van der Waals surface area contributed by atoms with Crippen molar-refractivity contribution < 1.29 is 5.21 Å². The van der Waals surface area contributed by atoms with Crippen LogP contribution < -0.4 is 10.6 Å². The minimum Gasteiger partial charge on any atom is -0.409 e. The standard InChI is InChI=1S/C15H24N4O/c1-3-11-6-8-12(9-7-11)19(2)13-5-4-10-17-14(13)15(16)18-20/h4-5,10-12,20H,3,6-9H2,1-2H3,(H2,16,18). The summed E-state index contributed by atoms with van der Waals surface area (Å²) < 4.78 is 0. The molecule has 110 valence electrons. The normalized spacial score (nSPS) is 23.6. The molecule has 0 amide bonds. The first-order valence-electron chi connectivity index (χ1n) is 7.33. The maximum atomic E-state index is 8.88. The van der Waals surface area contributed by atoms with Crippen molar-refractivity contribution in [3.8, 4) is 0 Å². The van der Waals surface area contributed by atoms with Gasteiger partial charge in [0.15, 0.2) is 5.84 Å². The third-order valence-electron chi connectivity index (χ3n) is 4.46. The van der Waals surface area contributed by atoms with E-state index in [0.29, 0.717) is 11.7 Å². The molecule has 1 aromatic rings. The number of anilines is 1. The van der Waals surface area contributed by atoms with Crippen LogP contribution in [0.25, 0.3) is 0 Å². The number of rotatable bonds is 4. The van der Waals surface area contributed by atoms with Crippen molar-refractivity contribution in [3.63, 3.8) is 0 Å². The molecule has 0 saturated heterocycles. The van der Waals surface area contributed by atoms with Gasteiger partial charge in [-0.25, -0.2) is 0 Å². The zero-order valence-electron chi connectivity index (χ0n) is 12.3. The van der Waals surface area contributed by atoms with E-state index in [1.807, 2.05) is 12.1 Å². The van der Waals surface area contributed by atoms with Gasteiger partial charge in [-0.2, -0.15) is 0 Å². The SMILES string of the molecule is CCC1CCC(N(C)c2cccnc2/C(N)=N/O)CC1. The van der Waals surface area contributed by atoms with Crippen LogP contribution >= 0.6 is 0 Å². The lowest BCUT2D eigenvalue weighted by molar-refractivity contribution is 0.313. The van der Waals surface area contributed by atoms with Crippen LogP contribution in [0.5, 0.6) is 0 Å². The minimum atomic E-state index is 0.0645. The quantitative estimate of drug-likeness (QED) is 0.383. The summed E-state index contributed by atoms with van der Waals surface area (Å²) in [5.74, 6) is 0.937. The van der Waals surface area contributed by atoms with Crippen LogP contribution in [-0.4, -0.2) is 29.1 Å². The molecule has 5 heteroatoms. The van der Waals surface area contributed by atoms with Crippen LogP contribution in [0.1, 0.15) is 44.7 Å². The summed E-state index contributed by atoms with van der Waals surface area (Å²) in [6, 6.07) is 4.37. The Morgan fingerprint density at radius 2 is 2.15 bits per heavy atom. The molecule has 5 nitrogen and oxygen atoms in total. The number of amidine groups is 1. The Labute approximate surface area is 120 Å². The second kappa shape index (κ2) is 6.59. The van der Waals surface area contributed by atoms with Gasteiger partial charge in [0, 0.05) is 19.3 Å². The van der Waals surface area contributed by atoms with Gasteiger partial charge in [-0.1, -0.05) is 18.5 Å². The van der Waals surface area contributed by atoms with Crippen molar-refractivity contribution in [2.24, 2.45) is 16.8 Å². The van der Waals surface area contributed by atoms with Gasteiger partial charge < -0.3 is 15.8 Å². The molecule has 0 spiro atoms. The maximum absolute atomic E-state index is 8.88. The molecule has 1 aliphatic rings. The van der Waals surface area contributed by atoms with E-state index in [1.54, 1.807) is 6.20 Å². The van der Waals surface area contributed by atoms with Gasteiger partial charge in [0.1, 0.15) is 5.69 Å². The molecule has 2 rings (SSSR count). The molecular weight excluding hydrogens is 252 g/mol. The Kier molecular flexibility index (Phi) is 4.82. The van der Waals surface area contributed by atoms with Gasteiger partial charge in [0.2, 0.25) is 0 Å². The topological polar surface area (TPSA) is 74.7 Å². The molecule has 0 aromatic carbocycles. The molecule has 0 radical (unpaired) electrons. The molecule has 0 bridgehead atoms. The molecular formula is C15H24N4O. The van der Waals surface area contributed by atoms with E-state index in [-0.39, 0.29) is 5.84 Å². The lowest BCUT2D eigenvalue weighted by Gasteiger charge is -2.36. The molecule has 1 heterocycles. The van der Waals surface area contributed by atoms with E-state index >= 15 is 0 Å². The maximum Gasteiger partial charge on any atom is 0.190 e. The van der Waals surface area contributed by atoms with Crippen molar-refractivity contribution in [1.82, 2.24) is 4.98 Å². The van der Waals surface area contributed by atoms with Gasteiger partial charge in [-0.3, -0.25) is 4.98 Å². The highest BCUT2D eigenvalue weighted by molar-refractivity contribution is 6.00. The Morgan fingerprint density at radius 3 is 2.75 bits per heavy atom. The summed E-state index contributed by atoms with van der Waals surface area (Å²) in [4.78, 5) is 6.47. The number of oxime groups is 1. The largest absolute Gasteiger partial charge is 0.409 e. The van der Waals surface area contributed by atoms with Gasteiger partial charge in [0.25, 0.3) is 0 Å². The minimum absolute atomic E-state index is 0.0645. The summed E-state index contributed by atoms with van der Waals surface area (Å²) in [7, 11) is 2.07. The molecule has 1 aliphatic carbocycles. The number of nitrogens with two attached hydrogens (primary N) is 1. The van der Waals surface area contributed by atoms with Crippen LogP contribution in [0, 0.1) is 5.92 Å². The average Bonchev–Trinajstić information content (AvgIpc) is 2.53. The first-order valence-corrected chi connectivity index (χ1v) is 7.33. The monoisotopic (exact) mass is 276 g/mol. The molecule has 3 N–H and O–H groups in total. The number of aromatic nitrogens is 1. The summed E-state index contributed by atoms with van der Waals surface area (Å²) >= 11 is 0. The van der Waals surface area contributed by atoms with E-state index in [2.05, 4.69) is 29.0 Å². The molecule has 0 atom stereocenters. The predicted octanol–water partition coefficient (Wildman–Crippen LogP) is 2.58. The van der Waals surface area contributed by atoms with Crippen LogP contribution in [0.4, 0.5) is 5.69 Å². The van der Waals surface area contributed by atoms with Crippen molar-refractivity contribution in [2.75, 3.05) is 11.9 Å². The lowest BCUT2D eigenvalue weighted by Crippen LogP contribution is -2.36. The van der Waals surface area contributed by atoms with Gasteiger partial charge in [-0.15, -0.1) is 0 Å². The zero-order chi connectivity index (χ0) is 14.5. The number of pyridine rings is 1. The van der Waals surface area contributed by atoms with Crippen molar-refractivity contribution in [1.29, 1.82) is 0 Å². The summed E-state index contributed by atoms with van der Waals surface area (Å²) in [6.45, 7) is 2.27. The second-order valence-electron chi connectivity index (χ2n) is 5.55. The van der Waals surface area contributed by atoms with E-state index in [9.17, 15) is 0 Å². The third-order valence-corrected chi connectivity index (χ3v) is 4.46. The first-order chi connectivity index (χ1) is 9.67. The van der Waals surface area contributed by atoms with Crippen molar-refractivity contribution >= 4 is 11.5 Å². The Morgan fingerprint density at radius 1 is 1.45 bits per heavy atom. The predicted molar refractivity (Wildman–Crippen MR) is 81.2 cm³/mol. The van der Waals surface area contributed by atoms with E-state index in [1.165, 1.54) is 32.1 Å². The molecule has 1 saturated carbocycles. The smallest absolute Gasteiger partial charge is 0.190 e. The van der Waals surface area contributed by atoms with Crippen LogP contribution in [0.15, 0.2) is 23.5 Å². The van der Waals surface area contributed by atoms with E-state index < -0.39 is 0 Å². The number of hydrogen-bond donors (Lipinski definition) is 2. The second-order valence-corrected chi connectivity index (χ2v) is 5.55. The van der Waals surface area contributed by atoms with Crippen LogP contribution in [0.2, 0.25) is 0 Å². The van der Waals surface area contributed by atoms with Gasteiger partial charge in [-0.05, 0) is 43.7 Å². The summed E-state index contributed by atoms with van der Waals surface area (Å²) in [6.07, 6.45) is 7.89. The molecule has 1 fully saturated rings. The molecule has 0 unspecified atom stereocenters. The van der Waals surface area contributed by atoms with Crippen molar-refractivity contribution in [3.05, 3.63) is 24.0 Å². The average molecular weight is 276 g/mol. The summed E-state index contributed by atoms with van der Waals surface area (Å²) in [5, 5.41) is 12.0. The fourth-order valence-corrected chi connectivity index (χ4v) is 3.06. The zero-order valence-corrected chi connectivity index (χ0v) is 12.3. The van der Waals surface area contributed by atoms with Gasteiger partial charge >= 0.3 is 0 Å². The van der Waals surface area contributed by atoms with E-state index in [0.717, 1.165) is 11.6 Å². The fourth-order valence-electron chi connectivity index (χ4n) is 3.06. The lowest BCUT2D eigenvalue weighted by atomic mass is 9.84. The first kappa shape index (κ1) is 14.6. The Balaban J connectivity index is 2.15. The Hall–Kier alpha value is -1.78. The van der Waals surface area contributed by atoms with Crippen LogP contribution in [0.3, 0.4) is 0 Å². The highest BCUT2D eigenvalue weighted by atomic mass is 16.4. The van der Waals surface area contributed by atoms with Crippen molar-refractivity contribution in [2.45, 2.75) is 45.1 Å². The highest BCUT2D eigenvalue weighted by Crippen LogP contribution is 2.31. The molecule has 0 aliphatic heterocycles. The number of nitrogens with zero attached hydrogens (tertiary/aromatic N) is 3. The third kappa shape index (κ3) is 3.03. The van der Waals surface area contributed by atoms with E-state index in [4.69, 9.17) is 10.9 Å². The number of hydrogen-bond acceptors (Lipinski definition) is 4.